The summed E-state index contributed by atoms with van der Waals surface area (Å²) in [6.45, 7) is 3.18. The fraction of sp³-hybridized carbons (Fsp3) is 0.333. The summed E-state index contributed by atoms with van der Waals surface area (Å²) in [5.41, 5.74) is 1.71. The van der Waals surface area contributed by atoms with Crippen molar-refractivity contribution in [2.75, 3.05) is 27.3 Å². The molecule has 0 spiro atoms. The lowest BCUT2D eigenvalue weighted by molar-refractivity contribution is -0.133. The Morgan fingerprint density at radius 3 is 2.09 bits per heavy atom. The lowest BCUT2D eigenvalue weighted by atomic mass is 9.88. The number of amides is 1. The number of hydrogen-bond acceptors (Lipinski definition) is 4. The van der Waals surface area contributed by atoms with E-state index < -0.39 is 0 Å². The van der Waals surface area contributed by atoms with E-state index in [-0.39, 0.29) is 23.5 Å². The number of Topliss-reactive ketones (excluding diaryl/α,β-unsaturated/α-hetero) is 1. The monoisotopic (exact) mass is 431 g/mol. The van der Waals surface area contributed by atoms with Crippen LogP contribution in [0.2, 0.25) is 0 Å². The first-order chi connectivity index (χ1) is 15.5. The van der Waals surface area contributed by atoms with Crippen LogP contribution in [0, 0.1) is 5.92 Å². The van der Waals surface area contributed by atoms with Gasteiger partial charge in [-0.2, -0.15) is 0 Å². The summed E-state index contributed by atoms with van der Waals surface area (Å²) >= 11 is 0. The van der Waals surface area contributed by atoms with Gasteiger partial charge in [-0.05, 0) is 72.5 Å². The van der Waals surface area contributed by atoms with Gasteiger partial charge < -0.3 is 14.4 Å². The van der Waals surface area contributed by atoms with Crippen molar-refractivity contribution in [3.63, 3.8) is 0 Å². The van der Waals surface area contributed by atoms with Crippen LogP contribution in [-0.4, -0.2) is 43.9 Å². The third-order valence-corrected chi connectivity index (χ3v) is 6.49. The Bertz CT molecular complexity index is 1110. The zero-order chi connectivity index (χ0) is 22.7. The molecule has 3 aromatic rings. The van der Waals surface area contributed by atoms with E-state index in [2.05, 4.69) is 6.07 Å². The maximum Gasteiger partial charge on any atom is 0.229 e. The van der Waals surface area contributed by atoms with E-state index in [0.717, 1.165) is 27.8 Å². The topological polar surface area (TPSA) is 55.8 Å². The number of benzene rings is 3. The Hall–Kier alpha value is -3.34. The molecule has 1 amide bonds. The molecule has 1 atom stereocenters. The second-order valence-corrected chi connectivity index (χ2v) is 8.39. The van der Waals surface area contributed by atoms with Crippen molar-refractivity contribution >= 4 is 22.5 Å². The second-order valence-electron chi connectivity index (χ2n) is 8.39. The molecule has 0 bridgehead atoms. The van der Waals surface area contributed by atoms with Crippen LogP contribution in [0.4, 0.5) is 0 Å². The van der Waals surface area contributed by atoms with E-state index in [1.165, 1.54) is 0 Å². The Labute approximate surface area is 188 Å². The van der Waals surface area contributed by atoms with Crippen molar-refractivity contribution in [2.24, 2.45) is 5.92 Å². The smallest absolute Gasteiger partial charge is 0.229 e. The number of hydrogen-bond donors (Lipinski definition) is 0. The lowest BCUT2D eigenvalue weighted by Gasteiger charge is -2.33. The maximum absolute atomic E-state index is 13.2. The van der Waals surface area contributed by atoms with Gasteiger partial charge in [0.2, 0.25) is 5.91 Å². The van der Waals surface area contributed by atoms with Gasteiger partial charge in [-0.3, -0.25) is 9.59 Å². The normalized spacial score (nSPS) is 15.4. The highest BCUT2D eigenvalue weighted by molar-refractivity contribution is 5.98. The van der Waals surface area contributed by atoms with Gasteiger partial charge in [0, 0.05) is 24.6 Å². The molecule has 3 aromatic carbocycles. The third kappa shape index (κ3) is 4.47. The zero-order valence-electron chi connectivity index (χ0n) is 18.8. The first-order valence-electron chi connectivity index (χ1n) is 11.0. The standard InChI is InChI=1S/C27H29NO4/c1-18(21-4-5-23-17-25(32-3)11-8-22(23)16-21)27(30)28-14-12-20(13-15-28)26(29)19-6-9-24(31-2)10-7-19/h4-11,16-18,20H,12-15H2,1-3H3/t18-/m0/s1. The van der Waals surface area contributed by atoms with Crippen LogP contribution in [0.15, 0.2) is 60.7 Å². The first kappa shape index (κ1) is 21.9. The van der Waals surface area contributed by atoms with Crippen LogP contribution in [0.3, 0.4) is 0 Å². The van der Waals surface area contributed by atoms with E-state index in [9.17, 15) is 9.59 Å². The van der Waals surface area contributed by atoms with Crippen LogP contribution < -0.4 is 9.47 Å². The number of ketones is 1. The van der Waals surface area contributed by atoms with Gasteiger partial charge in [-0.25, -0.2) is 0 Å². The summed E-state index contributed by atoms with van der Waals surface area (Å²) in [4.78, 5) is 27.9. The zero-order valence-corrected chi connectivity index (χ0v) is 18.8. The number of fused-ring (bicyclic) bond motifs is 1. The van der Waals surface area contributed by atoms with Crippen LogP contribution in [0.5, 0.6) is 11.5 Å². The minimum atomic E-state index is -0.227. The summed E-state index contributed by atoms with van der Waals surface area (Å²) in [7, 11) is 3.27. The van der Waals surface area contributed by atoms with Gasteiger partial charge >= 0.3 is 0 Å². The largest absolute Gasteiger partial charge is 0.497 e. The van der Waals surface area contributed by atoms with Gasteiger partial charge in [0.15, 0.2) is 5.78 Å². The van der Waals surface area contributed by atoms with Gasteiger partial charge in [0.05, 0.1) is 20.1 Å². The molecular weight excluding hydrogens is 402 g/mol. The van der Waals surface area contributed by atoms with Crippen LogP contribution >= 0.6 is 0 Å². The fourth-order valence-corrected chi connectivity index (χ4v) is 4.41. The van der Waals surface area contributed by atoms with Crippen molar-refractivity contribution in [1.82, 2.24) is 4.90 Å². The van der Waals surface area contributed by atoms with Gasteiger partial charge in [0.25, 0.3) is 0 Å². The van der Waals surface area contributed by atoms with Gasteiger partial charge in [-0.1, -0.05) is 24.3 Å². The lowest BCUT2D eigenvalue weighted by Crippen LogP contribution is -2.42. The van der Waals surface area contributed by atoms with Crippen molar-refractivity contribution in [1.29, 1.82) is 0 Å². The highest BCUT2D eigenvalue weighted by Gasteiger charge is 2.30. The molecule has 166 valence electrons. The molecule has 4 rings (SSSR count). The number of ether oxygens (including phenoxy) is 2. The van der Waals surface area contributed by atoms with E-state index in [4.69, 9.17) is 9.47 Å². The average molecular weight is 432 g/mol. The Morgan fingerprint density at radius 1 is 0.844 bits per heavy atom. The Balaban J connectivity index is 1.39. The highest BCUT2D eigenvalue weighted by Crippen LogP contribution is 2.28. The maximum atomic E-state index is 13.2. The molecule has 0 N–H and O–H groups in total. The molecule has 1 saturated heterocycles. The summed E-state index contributed by atoms with van der Waals surface area (Å²) in [6.07, 6.45) is 1.39. The van der Waals surface area contributed by atoms with E-state index >= 15 is 0 Å². The van der Waals surface area contributed by atoms with E-state index in [1.54, 1.807) is 14.2 Å². The molecule has 1 fully saturated rings. The van der Waals surface area contributed by atoms with Gasteiger partial charge in [0.1, 0.15) is 11.5 Å². The quantitative estimate of drug-likeness (QED) is 0.511. The van der Waals surface area contributed by atoms with Crippen molar-refractivity contribution in [2.45, 2.75) is 25.7 Å². The SMILES string of the molecule is COc1ccc(C(=O)C2CCN(C(=O)[C@@H](C)c3ccc4cc(OC)ccc4c3)CC2)cc1. The van der Waals surface area contributed by atoms with Crippen molar-refractivity contribution in [3.8, 4) is 11.5 Å². The second kappa shape index (κ2) is 9.43. The molecule has 1 aliphatic rings. The number of likely N-dealkylation sites (tertiary alicyclic amines) is 1. The highest BCUT2D eigenvalue weighted by atomic mass is 16.5. The molecule has 5 heteroatoms. The Kier molecular flexibility index (Phi) is 6.45. The average Bonchev–Trinajstić information content (AvgIpc) is 2.86. The van der Waals surface area contributed by atoms with E-state index in [1.807, 2.05) is 66.4 Å². The first-order valence-corrected chi connectivity index (χ1v) is 11.0. The Morgan fingerprint density at radius 2 is 1.44 bits per heavy atom. The van der Waals surface area contributed by atoms with Crippen LogP contribution in [0.25, 0.3) is 10.8 Å². The molecule has 1 heterocycles. The molecule has 1 aliphatic heterocycles. The minimum Gasteiger partial charge on any atom is -0.497 e. The van der Waals surface area contributed by atoms with Crippen LogP contribution in [0.1, 0.15) is 41.6 Å². The molecule has 0 saturated carbocycles. The number of carbonyl (C=O) groups excluding carboxylic acids is 2. The van der Waals surface area contributed by atoms with E-state index in [0.29, 0.717) is 31.5 Å². The molecule has 32 heavy (non-hydrogen) atoms. The van der Waals surface area contributed by atoms with Crippen molar-refractivity contribution < 1.29 is 19.1 Å². The summed E-state index contributed by atoms with van der Waals surface area (Å²) in [5, 5.41) is 2.18. The van der Waals surface area contributed by atoms with Gasteiger partial charge in [-0.15, -0.1) is 0 Å². The molecule has 5 nitrogen and oxygen atoms in total. The number of carbonyl (C=O) groups is 2. The van der Waals surface area contributed by atoms with Crippen LogP contribution in [-0.2, 0) is 4.79 Å². The summed E-state index contributed by atoms with van der Waals surface area (Å²) in [5.74, 6) is 1.56. The van der Waals surface area contributed by atoms with Crippen molar-refractivity contribution in [3.05, 3.63) is 71.8 Å². The molecular formula is C27H29NO4. The number of rotatable bonds is 6. The number of nitrogens with zero attached hydrogens (tertiary/aromatic N) is 1. The number of methoxy groups -OCH3 is 2. The minimum absolute atomic E-state index is 0.0431. The predicted molar refractivity (Wildman–Crippen MR) is 126 cm³/mol. The summed E-state index contributed by atoms with van der Waals surface area (Å²) < 4.78 is 10.5. The predicted octanol–water partition coefficient (Wildman–Crippen LogP) is 5.08. The molecule has 0 radical (unpaired) electrons. The molecule has 0 unspecified atom stereocenters. The molecule has 0 aliphatic carbocycles. The number of piperidine rings is 1. The fourth-order valence-electron chi connectivity index (χ4n) is 4.41. The third-order valence-electron chi connectivity index (χ3n) is 6.49. The molecule has 0 aromatic heterocycles. The summed E-state index contributed by atoms with van der Waals surface area (Å²) in [6, 6.07) is 19.3.